The van der Waals surface area contributed by atoms with Crippen LogP contribution in [0.25, 0.3) is 0 Å². The van der Waals surface area contributed by atoms with Gasteiger partial charge in [-0.3, -0.25) is 4.90 Å². The van der Waals surface area contributed by atoms with Crippen LogP contribution in [0.5, 0.6) is 11.5 Å². The van der Waals surface area contributed by atoms with Crippen LogP contribution in [0, 0.1) is 5.41 Å². The third kappa shape index (κ3) is 8.47. The minimum absolute atomic E-state index is 0.0509. The van der Waals surface area contributed by atoms with Gasteiger partial charge in [0.2, 0.25) is 0 Å². The summed E-state index contributed by atoms with van der Waals surface area (Å²) in [5, 5.41) is 23.1. The first-order valence-corrected chi connectivity index (χ1v) is 14.5. The Balaban J connectivity index is 2.73. The van der Waals surface area contributed by atoms with Gasteiger partial charge in [0, 0.05) is 30.8 Å². The molecular formula is C35H58N2O2. The van der Waals surface area contributed by atoms with E-state index in [1.807, 2.05) is 0 Å². The Morgan fingerprint density at radius 3 is 1.15 bits per heavy atom. The predicted molar refractivity (Wildman–Crippen MR) is 168 cm³/mol. The highest BCUT2D eigenvalue weighted by atomic mass is 16.3. The van der Waals surface area contributed by atoms with Crippen LogP contribution < -0.4 is 5.73 Å². The molecule has 0 spiro atoms. The third-order valence-electron chi connectivity index (χ3n) is 7.72. The first-order chi connectivity index (χ1) is 17.4. The molecule has 0 radical (unpaired) electrons. The molecule has 0 saturated carbocycles. The number of nitrogens with zero attached hydrogens (tertiary/aromatic N) is 1. The molecular weight excluding hydrogens is 480 g/mol. The van der Waals surface area contributed by atoms with Crippen molar-refractivity contribution < 1.29 is 10.2 Å². The monoisotopic (exact) mass is 538 g/mol. The number of hydrogen-bond acceptors (Lipinski definition) is 4. The summed E-state index contributed by atoms with van der Waals surface area (Å²) in [7, 11) is 0. The molecule has 0 aliphatic carbocycles. The van der Waals surface area contributed by atoms with Crippen molar-refractivity contribution in [2.45, 2.75) is 132 Å². The molecule has 0 atom stereocenters. The Hall–Kier alpha value is -2.04. The van der Waals surface area contributed by atoms with E-state index in [-0.39, 0.29) is 27.1 Å². The van der Waals surface area contributed by atoms with Crippen LogP contribution in [0.15, 0.2) is 24.3 Å². The van der Waals surface area contributed by atoms with E-state index in [1.54, 1.807) is 0 Å². The highest BCUT2D eigenvalue weighted by molar-refractivity contribution is 5.50. The third-order valence-corrected chi connectivity index (χ3v) is 7.72. The quantitative estimate of drug-likeness (QED) is 0.332. The van der Waals surface area contributed by atoms with Crippen LogP contribution in [0.3, 0.4) is 0 Å². The first-order valence-electron chi connectivity index (χ1n) is 14.5. The molecule has 2 aromatic carbocycles. The van der Waals surface area contributed by atoms with Crippen molar-refractivity contribution in [1.29, 1.82) is 0 Å². The zero-order chi connectivity index (χ0) is 30.4. The van der Waals surface area contributed by atoms with Gasteiger partial charge >= 0.3 is 0 Å². The molecule has 4 N–H and O–H groups in total. The molecule has 0 aromatic heterocycles. The number of rotatable bonds is 7. The van der Waals surface area contributed by atoms with Crippen molar-refractivity contribution in [2.75, 3.05) is 13.1 Å². The lowest BCUT2D eigenvalue weighted by Crippen LogP contribution is -2.38. The van der Waals surface area contributed by atoms with Gasteiger partial charge in [0.25, 0.3) is 0 Å². The molecule has 0 saturated heterocycles. The lowest BCUT2D eigenvalue weighted by atomic mass is 9.78. The minimum Gasteiger partial charge on any atom is -0.507 e. The summed E-state index contributed by atoms with van der Waals surface area (Å²) in [6.45, 7) is 33.0. The van der Waals surface area contributed by atoms with Crippen molar-refractivity contribution in [3.8, 4) is 11.5 Å². The van der Waals surface area contributed by atoms with E-state index in [1.165, 1.54) is 11.1 Å². The number of phenolic OH excluding ortho intramolecular Hbond substituents is 2. The summed E-state index contributed by atoms with van der Waals surface area (Å²) >= 11 is 0. The van der Waals surface area contributed by atoms with E-state index in [2.05, 4.69) is 126 Å². The van der Waals surface area contributed by atoms with Crippen LogP contribution in [0.1, 0.15) is 130 Å². The maximum absolute atomic E-state index is 11.5. The maximum Gasteiger partial charge on any atom is 0.123 e. The van der Waals surface area contributed by atoms with Gasteiger partial charge in [-0.2, -0.15) is 0 Å². The fourth-order valence-corrected chi connectivity index (χ4v) is 4.96. The SMILES string of the molecule is CC(C)(CN)CN(Cc1cc(C(C)(C)C)cc(C(C)(C)C)c1O)Cc1cc(C(C)(C)C)cc(C(C)(C)C)c1O. The van der Waals surface area contributed by atoms with Gasteiger partial charge in [-0.25, -0.2) is 0 Å². The molecule has 220 valence electrons. The fraction of sp³-hybridized carbons (Fsp3) is 0.657. The van der Waals surface area contributed by atoms with Gasteiger partial charge in [-0.15, -0.1) is 0 Å². The molecule has 0 aliphatic heterocycles. The van der Waals surface area contributed by atoms with Crippen LogP contribution in [0.4, 0.5) is 0 Å². The summed E-state index contributed by atoms with van der Waals surface area (Å²) in [5.74, 6) is 0.739. The molecule has 0 fully saturated rings. The summed E-state index contributed by atoms with van der Waals surface area (Å²) in [5.41, 5.74) is 11.8. The zero-order valence-electron chi connectivity index (χ0n) is 27.6. The smallest absolute Gasteiger partial charge is 0.123 e. The second-order valence-corrected chi connectivity index (χ2v) is 16.6. The average molecular weight is 539 g/mol. The van der Waals surface area contributed by atoms with Crippen molar-refractivity contribution in [3.63, 3.8) is 0 Å². The molecule has 0 unspecified atom stereocenters. The molecule has 0 aliphatic rings. The molecule has 4 nitrogen and oxygen atoms in total. The Labute approximate surface area is 240 Å². The van der Waals surface area contributed by atoms with Crippen LogP contribution >= 0.6 is 0 Å². The average Bonchev–Trinajstić information content (AvgIpc) is 2.72. The topological polar surface area (TPSA) is 69.7 Å². The standard InChI is InChI=1S/C35H58N2O2/c1-31(2,3)25-15-23(29(38)27(17-25)33(7,8)9)19-37(22-35(13,14)21-36)20-24-16-26(32(4,5)6)18-28(30(24)39)34(10,11)12/h15-18,38-39H,19-22,36H2,1-14H3. The lowest BCUT2D eigenvalue weighted by Gasteiger charge is -2.34. The number of nitrogens with two attached hydrogens (primary N) is 1. The molecule has 0 heterocycles. The van der Waals surface area contributed by atoms with Gasteiger partial charge in [0.05, 0.1) is 0 Å². The molecule has 2 rings (SSSR count). The van der Waals surface area contributed by atoms with Gasteiger partial charge in [0.1, 0.15) is 11.5 Å². The summed E-state index contributed by atoms with van der Waals surface area (Å²) in [6, 6.07) is 8.67. The second-order valence-electron chi connectivity index (χ2n) is 16.6. The normalized spacial score (nSPS) is 13.8. The van der Waals surface area contributed by atoms with E-state index in [4.69, 9.17) is 5.73 Å². The van der Waals surface area contributed by atoms with Gasteiger partial charge < -0.3 is 15.9 Å². The predicted octanol–water partition coefficient (Wildman–Crippen LogP) is 8.27. The summed E-state index contributed by atoms with van der Waals surface area (Å²) in [4.78, 5) is 2.34. The lowest BCUT2D eigenvalue weighted by molar-refractivity contribution is 0.165. The van der Waals surface area contributed by atoms with E-state index in [9.17, 15) is 10.2 Å². The van der Waals surface area contributed by atoms with Gasteiger partial charge in [0.15, 0.2) is 0 Å². The van der Waals surface area contributed by atoms with Crippen molar-refractivity contribution >= 4 is 0 Å². The number of benzene rings is 2. The number of phenols is 2. The Kier molecular flexibility index (Phi) is 9.43. The van der Waals surface area contributed by atoms with Crippen molar-refractivity contribution in [2.24, 2.45) is 11.1 Å². The largest absolute Gasteiger partial charge is 0.507 e. The Morgan fingerprint density at radius 2 is 0.897 bits per heavy atom. The first kappa shape index (κ1) is 33.2. The Morgan fingerprint density at radius 1 is 0.564 bits per heavy atom. The van der Waals surface area contributed by atoms with E-state index < -0.39 is 0 Å². The number of hydrogen-bond donors (Lipinski definition) is 3. The summed E-state index contributed by atoms with van der Waals surface area (Å²) < 4.78 is 0. The molecule has 39 heavy (non-hydrogen) atoms. The second kappa shape index (κ2) is 11.1. The molecule has 0 bridgehead atoms. The van der Waals surface area contributed by atoms with Gasteiger partial charge in [-0.1, -0.05) is 121 Å². The highest BCUT2D eigenvalue weighted by Crippen LogP contribution is 2.41. The van der Waals surface area contributed by atoms with Crippen molar-refractivity contribution in [3.05, 3.63) is 57.6 Å². The van der Waals surface area contributed by atoms with E-state index >= 15 is 0 Å². The maximum atomic E-state index is 11.5. The Bertz CT molecular complexity index is 1070. The molecule has 4 heteroatoms. The number of aromatic hydroxyl groups is 2. The van der Waals surface area contributed by atoms with E-state index in [0.29, 0.717) is 31.1 Å². The molecule has 2 aromatic rings. The molecule has 0 amide bonds. The summed E-state index contributed by atoms with van der Waals surface area (Å²) in [6.07, 6.45) is 0. The van der Waals surface area contributed by atoms with Crippen LogP contribution in [-0.4, -0.2) is 28.2 Å². The minimum atomic E-state index is -0.192. The van der Waals surface area contributed by atoms with Gasteiger partial charge in [-0.05, 0) is 55.9 Å². The van der Waals surface area contributed by atoms with Crippen LogP contribution in [0.2, 0.25) is 0 Å². The van der Waals surface area contributed by atoms with E-state index in [0.717, 1.165) is 28.8 Å². The van der Waals surface area contributed by atoms with Crippen LogP contribution in [-0.2, 0) is 34.7 Å². The van der Waals surface area contributed by atoms with Crippen molar-refractivity contribution in [1.82, 2.24) is 4.90 Å². The highest BCUT2D eigenvalue weighted by Gasteiger charge is 2.29. The fourth-order valence-electron chi connectivity index (χ4n) is 4.96. The zero-order valence-corrected chi connectivity index (χ0v) is 27.6.